The lowest BCUT2D eigenvalue weighted by molar-refractivity contribution is 0.592. The first-order chi connectivity index (χ1) is 10.6. The Morgan fingerprint density at radius 2 is 2.09 bits per heavy atom. The van der Waals surface area contributed by atoms with Crippen LogP contribution in [0.15, 0.2) is 51.8 Å². The van der Waals surface area contributed by atoms with Crippen molar-refractivity contribution in [2.45, 2.75) is 16.8 Å². The molecule has 0 amide bonds. The zero-order valence-electron chi connectivity index (χ0n) is 11.5. The smallest absolute Gasteiger partial charge is 0.229 e. The molecule has 3 aromatic heterocycles. The summed E-state index contributed by atoms with van der Waals surface area (Å²) >= 11 is 1.46. The van der Waals surface area contributed by atoms with Gasteiger partial charge in [0.2, 0.25) is 14.9 Å². The molecule has 110 valence electrons. The van der Waals surface area contributed by atoms with Crippen molar-refractivity contribution < 1.29 is 8.42 Å². The van der Waals surface area contributed by atoms with E-state index in [1.807, 2.05) is 24.4 Å². The van der Waals surface area contributed by atoms with E-state index in [0.29, 0.717) is 0 Å². The van der Waals surface area contributed by atoms with Crippen LogP contribution in [0.3, 0.4) is 0 Å². The summed E-state index contributed by atoms with van der Waals surface area (Å²) in [6, 6.07) is 8.62. The van der Waals surface area contributed by atoms with Crippen LogP contribution in [-0.2, 0) is 9.84 Å². The Bertz CT molecular complexity index is 1110. The predicted molar refractivity (Wildman–Crippen MR) is 82.8 cm³/mol. The minimum atomic E-state index is -3.75. The highest BCUT2D eigenvalue weighted by Gasteiger charge is 2.26. The van der Waals surface area contributed by atoms with Gasteiger partial charge < -0.3 is 0 Å². The lowest BCUT2D eigenvalue weighted by atomic mass is 10.2. The monoisotopic (exact) mass is 330 g/mol. The van der Waals surface area contributed by atoms with Gasteiger partial charge >= 0.3 is 0 Å². The van der Waals surface area contributed by atoms with Crippen LogP contribution in [0.25, 0.3) is 15.9 Å². The van der Waals surface area contributed by atoms with Crippen LogP contribution in [0.2, 0.25) is 0 Å². The summed E-state index contributed by atoms with van der Waals surface area (Å²) in [6.45, 7) is 1.84. The van der Waals surface area contributed by atoms with Crippen LogP contribution in [0.4, 0.5) is 0 Å². The highest BCUT2D eigenvalue weighted by atomic mass is 32.2. The van der Waals surface area contributed by atoms with Gasteiger partial charge in [0.1, 0.15) is 4.83 Å². The molecule has 3 heterocycles. The maximum absolute atomic E-state index is 12.8. The van der Waals surface area contributed by atoms with E-state index in [1.165, 1.54) is 15.9 Å². The highest BCUT2D eigenvalue weighted by Crippen LogP contribution is 2.26. The minimum Gasteiger partial charge on any atom is -0.234 e. The molecule has 0 spiro atoms. The molecule has 1 aromatic carbocycles. The fraction of sp³-hybridized carbons (Fsp3) is 0.0714. The van der Waals surface area contributed by atoms with Gasteiger partial charge in [-0.2, -0.15) is 4.52 Å². The van der Waals surface area contributed by atoms with Crippen LogP contribution in [0.1, 0.15) is 5.56 Å². The topological polar surface area (TPSA) is 77.2 Å². The maximum Gasteiger partial charge on any atom is 0.229 e. The molecule has 0 atom stereocenters. The van der Waals surface area contributed by atoms with E-state index >= 15 is 0 Å². The first-order valence-electron chi connectivity index (χ1n) is 6.47. The van der Waals surface area contributed by atoms with Crippen LogP contribution in [0.5, 0.6) is 0 Å². The van der Waals surface area contributed by atoms with Gasteiger partial charge in [-0.1, -0.05) is 17.3 Å². The van der Waals surface area contributed by atoms with Crippen molar-refractivity contribution in [3.8, 4) is 0 Å². The number of aromatic nitrogens is 4. The number of sulfone groups is 1. The normalized spacial score (nSPS) is 12.2. The first-order valence-corrected chi connectivity index (χ1v) is 8.83. The zero-order chi connectivity index (χ0) is 15.3. The average molecular weight is 330 g/mol. The second-order valence-corrected chi connectivity index (χ2v) is 7.65. The molecule has 0 unspecified atom stereocenters. The molecule has 0 aliphatic heterocycles. The molecule has 6 nitrogen and oxygen atoms in total. The molecule has 0 aliphatic rings. The van der Waals surface area contributed by atoms with Gasteiger partial charge in [0, 0.05) is 11.6 Å². The van der Waals surface area contributed by atoms with Crippen molar-refractivity contribution >= 4 is 37.0 Å². The summed E-state index contributed by atoms with van der Waals surface area (Å²) in [5.74, 6) is 0. The molecule has 0 N–H and O–H groups in total. The molecule has 0 radical (unpaired) electrons. The summed E-state index contributed by atoms with van der Waals surface area (Å²) in [6.07, 6.45) is 1.64. The molecule has 4 rings (SSSR count). The zero-order valence-corrected chi connectivity index (χ0v) is 13.1. The maximum atomic E-state index is 12.8. The average Bonchev–Trinajstić information content (AvgIpc) is 3.13. The Morgan fingerprint density at radius 1 is 1.23 bits per heavy atom. The molecule has 4 aromatic rings. The van der Waals surface area contributed by atoms with Crippen LogP contribution in [0, 0.1) is 6.92 Å². The van der Waals surface area contributed by atoms with Crippen molar-refractivity contribution in [3.05, 3.63) is 47.5 Å². The Labute approximate surface area is 130 Å². The molecule has 0 saturated carbocycles. The number of hydrogen-bond acceptors (Lipinski definition) is 6. The van der Waals surface area contributed by atoms with E-state index in [4.69, 9.17) is 0 Å². The molecular weight excluding hydrogens is 320 g/mol. The van der Waals surface area contributed by atoms with E-state index in [0.717, 1.165) is 15.8 Å². The lowest BCUT2D eigenvalue weighted by Gasteiger charge is -2.02. The Kier molecular flexibility index (Phi) is 2.78. The highest BCUT2D eigenvalue weighted by molar-refractivity contribution is 7.91. The lowest BCUT2D eigenvalue weighted by Crippen LogP contribution is -2.04. The number of aryl methyl sites for hydroxylation is 1. The van der Waals surface area contributed by atoms with Crippen molar-refractivity contribution in [3.63, 3.8) is 0 Å². The summed E-state index contributed by atoms with van der Waals surface area (Å²) in [4.78, 5) is 5.24. The number of benzene rings is 1. The molecule has 0 aliphatic carbocycles. The molecule has 0 saturated heterocycles. The first kappa shape index (κ1) is 13.4. The van der Waals surface area contributed by atoms with Crippen LogP contribution in [-0.4, -0.2) is 28.2 Å². The van der Waals surface area contributed by atoms with Gasteiger partial charge in [-0.25, -0.2) is 13.4 Å². The molecule has 22 heavy (non-hydrogen) atoms. The summed E-state index contributed by atoms with van der Waals surface area (Å²) in [7, 11) is -3.75. The summed E-state index contributed by atoms with van der Waals surface area (Å²) in [5, 5.41) is 10.5. The number of fused-ring (bicyclic) bond motifs is 3. The molecule has 0 bridgehead atoms. The quantitative estimate of drug-likeness (QED) is 0.564. The van der Waals surface area contributed by atoms with Gasteiger partial charge in [0.15, 0.2) is 5.65 Å². The van der Waals surface area contributed by atoms with E-state index in [2.05, 4.69) is 15.3 Å². The van der Waals surface area contributed by atoms with E-state index in [9.17, 15) is 8.42 Å². The van der Waals surface area contributed by atoms with Crippen molar-refractivity contribution in [1.29, 1.82) is 0 Å². The second-order valence-electron chi connectivity index (χ2n) is 4.89. The molecular formula is C14H10N4O2S2. The number of nitrogens with zero attached hydrogens (tertiary/aromatic N) is 4. The predicted octanol–water partition coefficient (Wildman–Crippen LogP) is 2.48. The van der Waals surface area contributed by atoms with E-state index in [-0.39, 0.29) is 15.6 Å². The van der Waals surface area contributed by atoms with E-state index in [1.54, 1.807) is 24.4 Å². The summed E-state index contributed by atoms with van der Waals surface area (Å²) in [5.41, 5.74) is 1.11. The van der Waals surface area contributed by atoms with Gasteiger partial charge in [0.25, 0.3) is 0 Å². The fourth-order valence-electron chi connectivity index (χ4n) is 2.29. The van der Waals surface area contributed by atoms with Gasteiger partial charge in [-0.15, -0.1) is 16.4 Å². The standard InChI is InChI=1S/C14H10N4O2S2/c1-9-3-2-4-11(7-9)22(19,20)13-12-15-8-10-5-6-21-14(10)18(12)17-16-13/h2-8H,1H3. The third-order valence-electron chi connectivity index (χ3n) is 3.36. The van der Waals surface area contributed by atoms with E-state index < -0.39 is 9.84 Å². The van der Waals surface area contributed by atoms with Crippen molar-refractivity contribution in [2.24, 2.45) is 0 Å². The second kappa shape index (κ2) is 4.59. The Morgan fingerprint density at radius 3 is 2.91 bits per heavy atom. The van der Waals surface area contributed by atoms with Gasteiger partial charge in [-0.3, -0.25) is 0 Å². The van der Waals surface area contributed by atoms with Gasteiger partial charge in [0.05, 0.1) is 4.90 Å². The van der Waals surface area contributed by atoms with Crippen LogP contribution < -0.4 is 0 Å². The Hall–Kier alpha value is -2.32. The number of thiophene rings is 1. The minimum absolute atomic E-state index is 0.117. The fourth-order valence-corrected chi connectivity index (χ4v) is 4.46. The van der Waals surface area contributed by atoms with Crippen molar-refractivity contribution in [1.82, 2.24) is 19.8 Å². The Balaban J connectivity index is 2.01. The summed E-state index contributed by atoms with van der Waals surface area (Å²) < 4.78 is 27.0. The van der Waals surface area contributed by atoms with Gasteiger partial charge in [-0.05, 0) is 36.1 Å². The SMILES string of the molecule is Cc1cccc(S(=O)(=O)c2nnn3c2ncc2ccsc23)c1. The third kappa shape index (κ3) is 1.84. The molecule has 8 heteroatoms. The largest absolute Gasteiger partial charge is 0.234 e. The van der Waals surface area contributed by atoms with Crippen LogP contribution >= 0.6 is 11.3 Å². The number of hydrogen-bond donors (Lipinski definition) is 0. The molecule has 0 fully saturated rings. The number of rotatable bonds is 2. The van der Waals surface area contributed by atoms with Crippen molar-refractivity contribution in [2.75, 3.05) is 0 Å². The third-order valence-corrected chi connectivity index (χ3v) is 5.92.